The van der Waals surface area contributed by atoms with Gasteiger partial charge in [0.25, 0.3) is 6.10 Å². The Morgan fingerprint density at radius 1 is 0.783 bits per heavy atom. The first-order chi connectivity index (χ1) is 9.86. The molecule has 0 saturated carbocycles. The van der Waals surface area contributed by atoms with Crippen molar-refractivity contribution in [1.29, 1.82) is 0 Å². The van der Waals surface area contributed by atoms with Crippen molar-refractivity contribution in [3.05, 3.63) is 0 Å². The third-order valence-electron chi connectivity index (χ3n) is 4.93. The Kier molecular flexibility index (Phi) is 6.63. The largest absolute Gasteiger partial charge is 0.423 e. The molecule has 8 heteroatoms. The average molecular weight is 352 g/mol. The molecule has 0 aliphatic heterocycles. The van der Waals surface area contributed by atoms with Crippen molar-refractivity contribution in [2.24, 2.45) is 22.7 Å². The Hall–Kier alpha value is -0.500. The molecule has 0 rings (SSSR count). The van der Waals surface area contributed by atoms with E-state index in [0.29, 0.717) is 0 Å². The Morgan fingerprint density at radius 3 is 1.35 bits per heavy atom. The second kappa shape index (κ2) is 6.78. The lowest BCUT2D eigenvalue weighted by Crippen LogP contribution is -2.55. The van der Waals surface area contributed by atoms with E-state index in [-0.39, 0.29) is 11.8 Å². The van der Waals surface area contributed by atoms with Crippen molar-refractivity contribution in [2.45, 2.75) is 73.2 Å². The van der Waals surface area contributed by atoms with E-state index in [9.17, 15) is 31.4 Å². The Morgan fingerprint density at radius 2 is 1.13 bits per heavy atom. The monoisotopic (exact) mass is 352 g/mol. The first-order valence-corrected chi connectivity index (χ1v) is 7.33. The molecule has 0 fully saturated rings. The topological polar surface area (TPSA) is 29.5 Å². The van der Waals surface area contributed by atoms with Crippen LogP contribution in [0.1, 0.15) is 48.5 Å². The fourth-order valence-corrected chi connectivity index (χ4v) is 2.58. The summed E-state index contributed by atoms with van der Waals surface area (Å²) in [5, 5.41) is 10.2. The second-order valence-corrected chi connectivity index (χ2v) is 7.52. The van der Waals surface area contributed by atoms with E-state index in [0.717, 1.165) is 0 Å². The van der Waals surface area contributed by atoms with Crippen LogP contribution in [0.15, 0.2) is 0 Å². The predicted octanol–water partition coefficient (Wildman–Crippen LogP) is 5.16. The molecule has 140 valence electrons. The molecule has 0 aromatic carbocycles. The maximum atomic E-state index is 12.7. The number of ether oxygens (including phenoxy) is 1. The molecule has 0 heterocycles. The molecule has 0 spiro atoms. The highest BCUT2D eigenvalue weighted by Crippen LogP contribution is 2.51. The van der Waals surface area contributed by atoms with Gasteiger partial charge >= 0.3 is 12.4 Å². The van der Waals surface area contributed by atoms with Crippen LogP contribution in [0, 0.1) is 22.7 Å². The zero-order valence-electron chi connectivity index (χ0n) is 14.4. The summed E-state index contributed by atoms with van der Waals surface area (Å²) in [5.41, 5.74) is -2.12. The molecule has 3 unspecified atom stereocenters. The normalized spacial score (nSPS) is 19.8. The van der Waals surface area contributed by atoms with Crippen LogP contribution in [-0.4, -0.2) is 29.9 Å². The molecule has 0 saturated heterocycles. The number of aliphatic hydroxyl groups is 1. The van der Waals surface area contributed by atoms with E-state index >= 15 is 0 Å². The van der Waals surface area contributed by atoms with E-state index in [1.54, 1.807) is 41.5 Å². The molecule has 2 nitrogen and oxygen atoms in total. The van der Waals surface area contributed by atoms with Crippen molar-refractivity contribution in [2.75, 3.05) is 0 Å². The Bertz CT molecular complexity index is 369. The molecule has 23 heavy (non-hydrogen) atoms. The Labute approximate surface area is 133 Å². The lowest BCUT2D eigenvalue weighted by molar-refractivity contribution is -0.369. The molecule has 0 aromatic heterocycles. The number of hydrogen-bond donors (Lipinski definition) is 1. The third kappa shape index (κ3) is 4.98. The van der Waals surface area contributed by atoms with Gasteiger partial charge in [-0.15, -0.1) is 0 Å². The van der Waals surface area contributed by atoms with Crippen LogP contribution in [-0.2, 0) is 4.74 Å². The van der Waals surface area contributed by atoms with Crippen LogP contribution in [0.2, 0.25) is 0 Å². The molecule has 3 atom stereocenters. The van der Waals surface area contributed by atoms with Gasteiger partial charge in [-0.2, -0.15) is 26.3 Å². The fraction of sp³-hybridized carbons (Fsp3) is 1.00. The molecule has 0 aliphatic carbocycles. The molecule has 0 bridgehead atoms. The molecular weight excluding hydrogens is 326 g/mol. The molecule has 0 aliphatic rings. The Balaban J connectivity index is 5.78. The number of halogens is 6. The highest BCUT2D eigenvalue weighted by Gasteiger charge is 2.61. The molecule has 0 aromatic rings. The van der Waals surface area contributed by atoms with Crippen molar-refractivity contribution < 1.29 is 36.2 Å². The minimum Gasteiger partial charge on any atom is -0.367 e. The zero-order valence-corrected chi connectivity index (χ0v) is 14.4. The van der Waals surface area contributed by atoms with E-state index < -0.39 is 35.6 Å². The maximum Gasteiger partial charge on any atom is 0.423 e. The molecule has 0 radical (unpaired) electrons. The van der Waals surface area contributed by atoms with Crippen LogP contribution >= 0.6 is 0 Å². The first-order valence-electron chi connectivity index (χ1n) is 7.33. The van der Waals surface area contributed by atoms with Crippen molar-refractivity contribution in [3.63, 3.8) is 0 Å². The summed E-state index contributed by atoms with van der Waals surface area (Å²) in [5.74, 6) is -0.465. The van der Waals surface area contributed by atoms with Crippen molar-refractivity contribution >= 4 is 0 Å². The lowest BCUT2D eigenvalue weighted by Gasteiger charge is -2.51. The molecule has 0 amide bonds. The molecule has 1 N–H and O–H groups in total. The van der Waals surface area contributed by atoms with E-state index in [2.05, 4.69) is 4.74 Å². The van der Waals surface area contributed by atoms with Crippen LogP contribution in [0.3, 0.4) is 0 Å². The minimum atomic E-state index is -5.65. The van der Waals surface area contributed by atoms with Gasteiger partial charge in [0.15, 0.2) is 6.29 Å². The summed E-state index contributed by atoms with van der Waals surface area (Å²) >= 11 is 0. The SMILES string of the molecule is CC(C)C(C)C(C)(C(O)OC(C(F)(F)F)C(F)(F)F)C(C)(C)C. The van der Waals surface area contributed by atoms with Gasteiger partial charge in [0, 0.05) is 5.41 Å². The van der Waals surface area contributed by atoms with Gasteiger partial charge < -0.3 is 9.84 Å². The van der Waals surface area contributed by atoms with Gasteiger partial charge in [-0.3, -0.25) is 0 Å². The van der Waals surface area contributed by atoms with Crippen LogP contribution < -0.4 is 0 Å². The first kappa shape index (κ1) is 22.5. The number of rotatable bonds is 5. The number of alkyl halides is 6. The highest BCUT2D eigenvalue weighted by atomic mass is 19.4. The van der Waals surface area contributed by atoms with Crippen molar-refractivity contribution in [1.82, 2.24) is 0 Å². The minimum absolute atomic E-state index is 0.0762. The molecular formula is C15H26F6O2. The summed E-state index contributed by atoms with van der Waals surface area (Å²) in [6, 6.07) is 0. The maximum absolute atomic E-state index is 12.7. The summed E-state index contributed by atoms with van der Waals surface area (Å²) in [6.45, 7) is 11.6. The van der Waals surface area contributed by atoms with Gasteiger partial charge in [-0.25, -0.2) is 0 Å². The highest BCUT2D eigenvalue weighted by molar-refractivity contribution is 4.95. The number of hydrogen-bond acceptors (Lipinski definition) is 2. The van der Waals surface area contributed by atoms with Gasteiger partial charge in [-0.05, 0) is 17.3 Å². The lowest BCUT2D eigenvalue weighted by atomic mass is 9.58. The van der Waals surface area contributed by atoms with Crippen LogP contribution in [0.4, 0.5) is 26.3 Å². The predicted molar refractivity (Wildman–Crippen MR) is 74.6 cm³/mol. The van der Waals surface area contributed by atoms with Crippen LogP contribution in [0.5, 0.6) is 0 Å². The average Bonchev–Trinajstić information content (AvgIpc) is 2.28. The quantitative estimate of drug-likeness (QED) is 0.547. The number of aliphatic hydroxyl groups excluding tert-OH is 1. The van der Waals surface area contributed by atoms with Crippen molar-refractivity contribution in [3.8, 4) is 0 Å². The smallest absolute Gasteiger partial charge is 0.367 e. The van der Waals surface area contributed by atoms with Crippen LogP contribution in [0.25, 0.3) is 0 Å². The van der Waals surface area contributed by atoms with Gasteiger partial charge in [-0.1, -0.05) is 48.5 Å². The van der Waals surface area contributed by atoms with Gasteiger partial charge in [0.1, 0.15) is 0 Å². The van der Waals surface area contributed by atoms with E-state index in [4.69, 9.17) is 0 Å². The van der Waals surface area contributed by atoms with Gasteiger partial charge in [0.2, 0.25) is 0 Å². The summed E-state index contributed by atoms with van der Waals surface area (Å²) in [6.07, 6.45) is -17.6. The van der Waals surface area contributed by atoms with E-state index in [1.807, 2.05) is 0 Å². The summed E-state index contributed by atoms with van der Waals surface area (Å²) < 4.78 is 80.1. The standard InChI is InChI=1S/C15H26F6O2/c1-8(2)9(3)13(7,12(4,5)6)11(22)23-10(14(16,17)18)15(19,20)21/h8-11,22H,1-7H3. The summed E-state index contributed by atoms with van der Waals surface area (Å²) in [4.78, 5) is 0. The summed E-state index contributed by atoms with van der Waals surface area (Å²) in [7, 11) is 0. The van der Waals surface area contributed by atoms with Gasteiger partial charge in [0.05, 0.1) is 0 Å². The fourth-order valence-electron chi connectivity index (χ4n) is 2.58. The van der Waals surface area contributed by atoms with E-state index in [1.165, 1.54) is 6.92 Å². The third-order valence-corrected chi connectivity index (χ3v) is 4.93. The zero-order chi connectivity index (χ0) is 19.0. The second-order valence-electron chi connectivity index (χ2n) is 7.52.